The van der Waals surface area contributed by atoms with Gasteiger partial charge in [-0.1, -0.05) is 85.0 Å². The molecule has 0 bridgehead atoms. The molecule has 0 saturated heterocycles. The highest BCUT2D eigenvalue weighted by atomic mass is 16.5. The Kier molecular flexibility index (Phi) is 19.3. The Bertz CT molecular complexity index is 281. The molecule has 0 aromatic carbocycles. The Hall–Kier alpha value is -0.570. The van der Waals surface area contributed by atoms with E-state index in [2.05, 4.69) is 26.1 Å². The largest absolute Gasteiger partial charge is 0.465 e. The molecule has 150 valence electrons. The van der Waals surface area contributed by atoms with Crippen molar-refractivity contribution in [3.05, 3.63) is 0 Å². The van der Waals surface area contributed by atoms with Gasteiger partial charge in [0.1, 0.15) is 0 Å². The summed E-state index contributed by atoms with van der Waals surface area (Å²) in [6.45, 7) is 9.36. The number of hydrogen-bond donors (Lipinski definition) is 1. The minimum atomic E-state index is 0.0682. The van der Waals surface area contributed by atoms with Gasteiger partial charge in [0, 0.05) is 0 Å². The molecular weight excluding hydrogens is 310 g/mol. The molecule has 0 radical (unpaired) electrons. The molecule has 0 spiro atoms. The average molecular weight is 356 g/mol. The minimum Gasteiger partial charge on any atom is -0.465 e. The molecule has 0 aromatic rings. The summed E-state index contributed by atoms with van der Waals surface area (Å²) in [5.74, 6) is 0.199. The number of nitrogens with one attached hydrogen (secondary N) is 1. The van der Waals surface area contributed by atoms with Crippen LogP contribution in [0.4, 0.5) is 0 Å². The Balaban J connectivity index is 3.97. The lowest BCUT2D eigenvalue weighted by molar-refractivity contribution is -0.149. The number of ether oxygens (including phenoxy) is 1. The first-order chi connectivity index (χ1) is 12.3. The van der Waals surface area contributed by atoms with Gasteiger partial charge < -0.3 is 10.1 Å². The molecule has 0 aliphatic carbocycles. The normalized spacial score (nSPS) is 12.3. The Morgan fingerprint density at radius 3 is 1.92 bits per heavy atom. The molecule has 0 aliphatic rings. The predicted octanol–water partition coefficient (Wildman–Crippen LogP) is 6.26. The number of rotatable bonds is 19. The fraction of sp³-hybridized carbons (Fsp3) is 0.955. The number of carbonyl (C=O) groups is 1. The van der Waals surface area contributed by atoms with Crippen LogP contribution in [0.1, 0.15) is 111 Å². The highest BCUT2D eigenvalue weighted by Gasteiger charge is 2.19. The Morgan fingerprint density at radius 2 is 1.32 bits per heavy atom. The van der Waals surface area contributed by atoms with E-state index in [1.54, 1.807) is 0 Å². The highest BCUT2D eigenvalue weighted by molar-refractivity contribution is 5.72. The molecule has 3 heteroatoms. The smallest absolute Gasteiger partial charge is 0.308 e. The molecule has 0 fully saturated rings. The summed E-state index contributed by atoms with van der Waals surface area (Å²) < 4.78 is 5.59. The van der Waals surface area contributed by atoms with E-state index in [0.717, 1.165) is 38.8 Å². The van der Waals surface area contributed by atoms with Gasteiger partial charge in [0.15, 0.2) is 0 Å². The quantitative estimate of drug-likeness (QED) is 0.220. The molecular formula is C22H45NO2. The summed E-state index contributed by atoms with van der Waals surface area (Å²) in [7, 11) is 0. The van der Waals surface area contributed by atoms with Gasteiger partial charge >= 0.3 is 5.97 Å². The third-order valence-corrected chi connectivity index (χ3v) is 4.89. The number of carbonyl (C=O) groups excluding carboxylic acids is 1. The zero-order valence-electron chi connectivity index (χ0n) is 17.4. The van der Waals surface area contributed by atoms with Crippen molar-refractivity contribution >= 4 is 5.97 Å². The summed E-state index contributed by atoms with van der Waals surface area (Å²) in [4.78, 5) is 12.4. The molecule has 3 nitrogen and oxygen atoms in total. The summed E-state index contributed by atoms with van der Waals surface area (Å²) in [5.41, 5.74) is 0. The van der Waals surface area contributed by atoms with Gasteiger partial charge in [0.2, 0.25) is 0 Å². The van der Waals surface area contributed by atoms with Crippen LogP contribution in [0.15, 0.2) is 0 Å². The molecule has 0 amide bonds. The predicted molar refractivity (Wildman–Crippen MR) is 109 cm³/mol. The van der Waals surface area contributed by atoms with E-state index in [-0.39, 0.29) is 11.9 Å². The van der Waals surface area contributed by atoms with Gasteiger partial charge in [-0.2, -0.15) is 0 Å². The van der Waals surface area contributed by atoms with Gasteiger partial charge in [-0.05, 0) is 38.8 Å². The van der Waals surface area contributed by atoms with Crippen LogP contribution in [-0.4, -0.2) is 25.7 Å². The van der Waals surface area contributed by atoms with E-state index in [1.807, 2.05) is 0 Å². The van der Waals surface area contributed by atoms with Crippen LogP contribution in [0.3, 0.4) is 0 Å². The van der Waals surface area contributed by atoms with Crippen LogP contribution < -0.4 is 5.32 Å². The number of hydrogen-bond acceptors (Lipinski definition) is 3. The van der Waals surface area contributed by atoms with Gasteiger partial charge in [-0.3, -0.25) is 4.79 Å². The standard InChI is InChI=1S/C22H45NO2/c1-4-7-9-11-16-20-25-22(24)21(17-13-10-8-5-2)18-14-12-15-19-23-6-3/h21,23H,4-20H2,1-3H3. The van der Waals surface area contributed by atoms with E-state index in [4.69, 9.17) is 4.74 Å². The zero-order valence-corrected chi connectivity index (χ0v) is 17.4. The summed E-state index contributed by atoms with van der Waals surface area (Å²) >= 11 is 0. The van der Waals surface area contributed by atoms with Crippen LogP contribution in [0.5, 0.6) is 0 Å². The zero-order chi connectivity index (χ0) is 18.6. The Labute approximate surface area is 157 Å². The van der Waals surface area contributed by atoms with Gasteiger partial charge in [0.05, 0.1) is 12.5 Å². The number of esters is 1. The van der Waals surface area contributed by atoms with Crippen LogP contribution in [0.25, 0.3) is 0 Å². The third kappa shape index (κ3) is 16.6. The Morgan fingerprint density at radius 1 is 0.760 bits per heavy atom. The first-order valence-corrected chi connectivity index (χ1v) is 11.1. The lowest BCUT2D eigenvalue weighted by Gasteiger charge is -2.16. The van der Waals surface area contributed by atoms with Gasteiger partial charge in [-0.25, -0.2) is 0 Å². The van der Waals surface area contributed by atoms with Crippen molar-refractivity contribution in [3.8, 4) is 0 Å². The maximum absolute atomic E-state index is 12.4. The summed E-state index contributed by atoms with van der Waals surface area (Å²) in [6.07, 6.45) is 16.6. The van der Waals surface area contributed by atoms with Crippen molar-refractivity contribution in [2.45, 2.75) is 111 Å². The lowest BCUT2D eigenvalue weighted by atomic mass is 9.94. The average Bonchev–Trinajstić information content (AvgIpc) is 2.62. The van der Waals surface area contributed by atoms with Gasteiger partial charge in [0.25, 0.3) is 0 Å². The fourth-order valence-corrected chi connectivity index (χ4v) is 3.19. The fourth-order valence-electron chi connectivity index (χ4n) is 3.19. The minimum absolute atomic E-state index is 0.0682. The molecule has 1 N–H and O–H groups in total. The van der Waals surface area contributed by atoms with Gasteiger partial charge in [-0.15, -0.1) is 0 Å². The van der Waals surface area contributed by atoms with Crippen molar-refractivity contribution in [2.75, 3.05) is 19.7 Å². The highest BCUT2D eigenvalue weighted by Crippen LogP contribution is 2.20. The van der Waals surface area contributed by atoms with Crippen LogP contribution in [-0.2, 0) is 9.53 Å². The molecule has 1 unspecified atom stereocenters. The maximum atomic E-state index is 12.4. The van der Waals surface area contributed by atoms with Crippen molar-refractivity contribution < 1.29 is 9.53 Å². The molecule has 0 aromatic heterocycles. The van der Waals surface area contributed by atoms with Crippen molar-refractivity contribution in [3.63, 3.8) is 0 Å². The lowest BCUT2D eigenvalue weighted by Crippen LogP contribution is -2.19. The van der Waals surface area contributed by atoms with E-state index in [0.29, 0.717) is 6.61 Å². The molecule has 0 rings (SSSR count). The summed E-state index contributed by atoms with van der Waals surface area (Å²) in [6, 6.07) is 0. The second kappa shape index (κ2) is 19.8. The molecule has 0 aliphatic heterocycles. The third-order valence-electron chi connectivity index (χ3n) is 4.89. The van der Waals surface area contributed by atoms with Crippen LogP contribution in [0.2, 0.25) is 0 Å². The maximum Gasteiger partial charge on any atom is 0.308 e. The molecule has 0 saturated carbocycles. The van der Waals surface area contributed by atoms with Crippen LogP contribution >= 0.6 is 0 Å². The second-order valence-corrected chi connectivity index (χ2v) is 7.33. The molecule has 0 heterocycles. The van der Waals surface area contributed by atoms with E-state index >= 15 is 0 Å². The molecule has 1 atom stereocenters. The van der Waals surface area contributed by atoms with E-state index in [9.17, 15) is 4.79 Å². The van der Waals surface area contributed by atoms with Crippen molar-refractivity contribution in [1.29, 1.82) is 0 Å². The van der Waals surface area contributed by atoms with Crippen molar-refractivity contribution in [2.24, 2.45) is 5.92 Å². The topological polar surface area (TPSA) is 38.3 Å². The second-order valence-electron chi connectivity index (χ2n) is 7.33. The first kappa shape index (κ1) is 24.4. The summed E-state index contributed by atoms with van der Waals surface area (Å²) in [5, 5.41) is 3.36. The molecule has 25 heavy (non-hydrogen) atoms. The number of unbranched alkanes of at least 4 members (excludes halogenated alkanes) is 9. The van der Waals surface area contributed by atoms with E-state index in [1.165, 1.54) is 64.2 Å². The van der Waals surface area contributed by atoms with E-state index < -0.39 is 0 Å². The monoisotopic (exact) mass is 355 g/mol. The first-order valence-electron chi connectivity index (χ1n) is 11.1. The van der Waals surface area contributed by atoms with Crippen LogP contribution in [0, 0.1) is 5.92 Å². The van der Waals surface area contributed by atoms with Crippen molar-refractivity contribution in [1.82, 2.24) is 5.32 Å². The SMILES string of the molecule is CCCCCCCOC(=O)C(CCCCCC)CCCCCNCC.